The molecule has 0 spiro atoms. The molecule has 3 N–H and O–H groups in total. The van der Waals surface area contributed by atoms with Gasteiger partial charge in [-0.3, -0.25) is 9.69 Å². The molecule has 1 aliphatic rings. The topological polar surface area (TPSA) is 81.7 Å². The van der Waals surface area contributed by atoms with E-state index in [0.717, 1.165) is 38.6 Å². The van der Waals surface area contributed by atoms with E-state index >= 15 is 0 Å². The van der Waals surface area contributed by atoms with Crippen molar-refractivity contribution < 1.29 is 14.7 Å². The summed E-state index contributed by atoms with van der Waals surface area (Å²) >= 11 is 0. The van der Waals surface area contributed by atoms with Crippen molar-refractivity contribution in [2.24, 2.45) is 5.41 Å². The molecule has 0 radical (unpaired) electrons. The highest BCUT2D eigenvalue weighted by molar-refractivity contribution is 5.74. The van der Waals surface area contributed by atoms with Crippen LogP contribution in [-0.4, -0.2) is 53.7 Å². The molecule has 0 aromatic carbocycles. The van der Waals surface area contributed by atoms with Gasteiger partial charge in [0.2, 0.25) is 0 Å². The predicted molar refractivity (Wildman–Crippen MR) is 91.5 cm³/mol. The first-order valence-electron chi connectivity index (χ1n) is 8.89. The van der Waals surface area contributed by atoms with Crippen LogP contribution < -0.4 is 10.6 Å². The van der Waals surface area contributed by atoms with Crippen LogP contribution in [0.3, 0.4) is 0 Å². The van der Waals surface area contributed by atoms with Crippen LogP contribution in [0.2, 0.25) is 0 Å². The maximum Gasteiger partial charge on any atom is 0.317 e. The summed E-state index contributed by atoms with van der Waals surface area (Å²) in [6, 6.07) is 0.319. The number of rotatable bonds is 10. The molecule has 1 fully saturated rings. The third kappa shape index (κ3) is 5.68. The summed E-state index contributed by atoms with van der Waals surface area (Å²) < 4.78 is 0. The van der Waals surface area contributed by atoms with Crippen molar-refractivity contribution >= 4 is 12.0 Å². The SMILES string of the molecule is CCN(CC(=O)O)C1CC(NC(=O)NCC(CC)(CC)CC)C1. The number of hydrogen-bond acceptors (Lipinski definition) is 3. The number of carbonyl (C=O) groups excluding carboxylic acids is 1. The molecule has 1 rings (SSSR count). The van der Waals surface area contributed by atoms with E-state index in [-0.39, 0.29) is 30.1 Å². The Labute approximate surface area is 140 Å². The van der Waals surface area contributed by atoms with Gasteiger partial charge in [0.15, 0.2) is 0 Å². The van der Waals surface area contributed by atoms with Crippen LogP contribution in [0, 0.1) is 5.41 Å². The molecule has 1 saturated carbocycles. The van der Waals surface area contributed by atoms with E-state index in [9.17, 15) is 9.59 Å². The monoisotopic (exact) mass is 327 g/mol. The normalized spacial score (nSPS) is 20.9. The van der Waals surface area contributed by atoms with Crippen molar-refractivity contribution in [3.05, 3.63) is 0 Å². The molecule has 23 heavy (non-hydrogen) atoms. The van der Waals surface area contributed by atoms with Crippen LogP contribution in [0.5, 0.6) is 0 Å². The molecule has 0 saturated heterocycles. The van der Waals surface area contributed by atoms with Gasteiger partial charge in [0.25, 0.3) is 0 Å². The molecule has 1 aliphatic carbocycles. The molecule has 2 amide bonds. The number of likely N-dealkylation sites (N-methyl/N-ethyl adjacent to an activating group) is 1. The van der Waals surface area contributed by atoms with Gasteiger partial charge in [0, 0.05) is 18.6 Å². The summed E-state index contributed by atoms with van der Waals surface area (Å²) in [6.45, 7) is 9.99. The number of amides is 2. The van der Waals surface area contributed by atoms with Crippen molar-refractivity contribution in [1.82, 2.24) is 15.5 Å². The van der Waals surface area contributed by atoms with E-state index in [1.165, 1.54) is 0 Å². The van der Waals surface area contributed by atoms with Crippen LogP contribution in [0.15, 0.2) is 0 Å². The van der Waals surface area contributed by atoms with Gasteiger partial charge in [-0.1, -0.05) is 27.7 Å². The lowest BCUT2D eigenvalue weighted by atomic mass is 9.80. The lowest BCUT2D eigenvalue weighted by Gasteiger charge is -2.42. The maximum atomic E-state index is 12.0. The summed E-state index contributed by atoms with van der Waals surface area (Å²) in [7, 11) is 0. The number of urea groups is 1. The van der Waals surface area contributed by atoms with Crippen LogP contribution in [0.25, 0.3) is 0 Å². The van der Waals surface area contributed by atoms with Gasteiger partial charge < -0.3 is 15.7 Å². The van der Waals surface area contributed by atoms with E-state index in [0.29, 0.717) is 6.54 Å². The summed E-state index contributed by atoms with van der Waals surface area (Å²) in [5.41, 5.74) is 0.194. The first-order chi connectivity index (χ1) is 10.9. The molecule has 0 aromatic heterocycles. The predicted octanol–water partition coefficient (Wildman–Crippen LogP) is 2.44. The van der Waals surface area contributed by atoms with Crippen LogP contribution in [0.4, 0.5) is 4.79 Å². The van der Waals surface area contributed by atoms with E-state index in [1.54, 1.807) is 0 Å². The fourth-order valence-electron chi connectivity index (χ4n) is 3.31. The highest BCUT2D eigenvalue weighted by Gasteiger charge is 2.35. The molecule has 134 valence electrons. The summed E-state index contributed by atoms with van der Waals surface area (Å²) in [5.74, 6) is -0.795. The molecule has 0 aromatic rings. The summed E-state index contributed by atoms with van der Waals surface area (Å²) in [4.78, 5) is 24.8. The number of nitrogens with one attached hydrogen (secondary N) is 2. The summed E-state index contributed by atoms with van der Waals surface area (Å²) in [5, 5.41) is 14.9. The Morgan fingerprint density at radius 2 is 1.70 bits per heavy atom. The van der Waals surface area contributed by atoms with Crippen LogP contribution >= 0.6 is 0 Å². The molecule has 6 nitrogen and oxygen atoms in total. The second-order valence-electron chi connectivity index (χ2n) is 6.67. The zero-order chi connectivity index (χ0) is 17.5. The van der Waals surface area contributed by atoms with Gasteiger partial charge >= 0.3 is 12.0 Å². The lowest BCUT2D eigenvalue weighted by Crippen LogP contribution is -2.56. The van der Waals surface area contributed by atoms with Crippen LogP contribution in [-0.2, 0) is 4.79 Å². The molecule has 0 heterocycles. The highest BCUT2D eigenvalue weighted by atomic mass is 16.4. The van der Waals surface area contributed by atoms with E-state index in [4.69, 9.17) is 5.11 Å². The Morgan fingerprint density at radius 3 is 2.13 bits per heavy atom. The number of carboxylic acids is 1. The minimum atomic E-state index is -0.795. The van der Waals surface area contributed by atoms with Crippen LogP contribution in [0.1, 0.15) is 59.8 Å². The van der Waals surface area contributed by atoms with Gasteiger partial charge in [-0.25, -0.2) is 4.79 Å². The van der Waals surface area contributed by atoms with E-state index < -0.39 is 5.97 Å². The quantitative estimate of drug-likeness (QED) is 0.575. The third-order valence-electron chi connectivity index (χ3n) is 5.58. The van der Waals surface area contributed by atoms with Crippen molar-refractivity contribution in [3.8, 4) is 0 Å². The Balaban J connectivity index is 2.31. The zero-order valence-corrected chi connectivity index (χ0v) is 15.0. The number of nitrogens with zero attached hydrogens (tertiary/aromatic N) is 1. The number of carboxylic acid groups (broad SMARTS) is 1. The maximum absolute atomic E-state index is 12.0. The molecular formula is C17H33N3O3. The minimum absolute atomic E-state index is 0.0755. The molecular weight excluding hydrogens is 294 g/mol. The second-order valence-corrected chi connectivity index (χ2v) is 6.67. The standard InChI is InChI=1S/C17H33N3O3/c1-5-17(6-2,7-3)12-18-16(23)19-13-9-14(10-13)20(8-4)11-15(21)22/h13-14H,5-12H2,1-4H3,(H,21,22)(H2,18,19,23). The third-order valence-corrected chi connectivity index (χ3v) is 5.58. The molecule has 0 aliphatic heterocycles. The van der Waals surface area contributed by atoms with Crippen molar-refractivity contribution in [1.29, 1.82) is 0 Å². The fourth-order valence-corrected chi connectivity index (χ4v) is 3.31. The highest BCUT2D eigenvalue weighted by Crippen LogP contribution is 2.29. The van der Waals surface area contributed by atoms with Gasteiger partial charge in [-0.15, -0.1) is 0 Å². The zero-order valence-electron chi connectivity index (χ0n) is 15.0. The first kappa shape index (κ1) is 19.7. The first-order valence-corrected chi connectivity index (χ1v) is 8.89. The fraction of sp³-hybridized carbons (Fsp3) is 0.882. The van der Waals surface area contributed by atoms with E-state index in [1.807, 2.05) is 11.8 Å². The molecule has 0 unspecified atom stereocenters. The Bertz CT molecular complexity index is 382. The Kier molecular flexibility index (Phi) is 7.82. The average Bonchev–Trinajstić information content (AvgIpc) is 2.50. The van der Waals surface area contributed by atoms with Gasteiger partial charge in [-0.05, 0) is 44.1 Å². The Hall–Kier alpha value is -1.30. The van der Waals surface area contributed by atoms with Gasteiger partial charge in [0.05, 0.1) is 6.54 Å². The second kappa shape index (κ2) is 9.11. The van der Waals surface area contributed by atoms with Crippen molar-refractivity contribution in [3.63, 3.8) is 0 Å². The van der Waals surface area contributed by atoms with Gasteiger partial charge in [-0.2, -0.15) is 0 Å². The minimum Gasteiger partial charge on any atom is -0.480 e. The molecule has 6 heteroatoms. The van der Waals surface area contributed by atoms with E-state index in [2.05, 4.69) is 31.4 Å². The number of carbonyl (C=O) groups is 2. The number of aliphatic carboxylic acids is 1. The Morgan fingerprint density at radius 1 is 1.13 bits per heavy atom. The van der Waals surface area contributed by atoms with Gasteiger partial charge in [0.1, 0.15) is 0 Å². The smallest absolute Gasteiger partial charge is 0.317 e. The van der Waals surface area contributed by atoms with Crippen molar-refractivity contribution in [2.75, 3.05) is 19.6 Å². The molecule has 0 atom stereocenters. The average molecular weight is 327 g/mol. The van der Waals surface area contributed by atoms with Crippen molar-refractivity contribution in [2.45, 2.75) is 71.9 Å². The number of hydrogen-bond donors (Lipinski definition) is 3. The molecule has 0 bridgehead atoms. The summed E-state index contributed by atoms with van der Waals surface area (Å²) in [6.07, 6.45) is 4.84. The lowest BCUT2D eigenvalue weighted by molar-refractivity contribution is -0.139. The largest absolute Gasteiger partial charge is 0.480 e.